The van der Waals surface area contributed by atoms with Gasteiger partial charge in [0, 0.05) is 40.0 Å². The molecule has 0 fully saturated rings. The fourth-order valence-electron chi connectivity index (χ4n) is 1.71. The third-order valence-corrected chi connectivity index (χ3v) is 2.48. The van der Waals surface area contributed by atoms with Crippen LogP contribution in [-0.2, 0) is 6.54 Å². The van der Waals surface area contributed by atoms with Gasteiger partial charge in [-0.05, 0) is 12.5 Å². The molecule has 0 atom stereocenters. The first-order chi connectivity index (χ1) is 9.06. The van der Waals surface area contributed by atoms with Gasteiger partial charge in [0.25, 0.3) is 0 Å². The van der Waals surface area contributed by atoms with Crippen molar-refractivity contribution < 1.29 is 4.74 Å². The lowest BCUT2D eigenvalue weighted by molar-refractivity contribution is 0.302. The van der Waals surface area contributed by atoms with Crippen LogP contribution in [0.5, 0.6) is 5.88 Å². The molecule has 0 aliphatic rings. The van der Waals surface area contributed by atoms with Gasteiger partial charge in [-0.1, -0.05) is 13.0 Å². The second-order valence-corrected chi connectivity index (χ2v) is 4.72. The Hall–Kier alpha value is -1.78. The highest BCUT2D eigenvalue weighted by molar-refractivity contribution is 5.79. The lowest BCUT2D eigenvalue weighted by Gasteiger charge is -2.22. The first kappa shape index (κ1) is 15.3. The van der Waals surface area contributed by atoms with Gasteiger partial charge in [0.2, 0.25) is 5.88 Å². The number of aliphatic imine (C=N–C) groups is 1. The van der Waals surface area contributed by atoms with Crippen LogP contribution in [0.4, 0.5) is 0 Å². The fraction of sp³-hybridized carbons (Fsp3) is 0.571. The van der Waals surface area contributed by atoms with Crippen molar-refractivity contribution in [3.8, 4) is 5.88 Å². The Morgan fingerprint density at radius 2 is 1.95 bits per heavy atom. The summed E-state index contributed by atoms with van der Waals surface area (Å²) < 4.78 is 5.63. The van der Waals surface area contributed by atoms with Crippen LogP contribution < -0.4 is 4.74 Å². The number of ether oxygens (including phenoxy) is 1. The maximum Gasteiger partial charge on any atom is 0.218 e. The van der Waals surface area contributed by atoms with Gasteiger partial charge in [0.05, 0.1) is 13.2 Å². The standard InChI is InChI=1S/C14H24N4O/c1-6-10-19-13-12(8-7-9-15-13)11-16-14(17(2)3)18(4)5/h7-9H,6,10-11H2,1-5H3. The molecule has 0 spiro atoms. The van der Waals surface area contributed by atoms with E-state index < -0.39 is 0 Å². The third-order valence-electron chi connectivity index (χ3n) is 2.48. The lowest BCUT2D eigenvalue weighted by atomic mass is 10.3. The van der Waals surface area contributed by atoms with Gasteiger partial charge in [-0.25, -0.2) is 9.98 Å². The largest absolute Gasteiger partial charge is 0.477 e. The van der Waals surface area contributed by atoms with Crippen molar-refractivity contribution in [2.24, 2.45) is 4.99 Å². The minimum Gasteiger partial charge on any atom is -0.477 e. The monoisotopic (exact) mass is 264 g/mol. The molecule has 0 aliphatic heterocycles. The van der Waals surface area contributed by atoms with Crippen molar-refractivity contribution in [3.05, 3.63) is 23.9 Å². The summed E-state index contributed by atoms with van der Waals surface area (Å²) in [7, 11) is 7.93. The third kappa shape index (κ3) is 4.77. The fourth-order valence-corrected chi connectivity index (χ4v) is 1.71. The summed E-state index contributed by atoms with van der Waals surface area (Å²) in [4.78, 5) is 12.9. The zero-order valence-corrected chi connectivity index (χ0v) is 12.6. The van der Waals surface area contributed by atoms with Crippen molar-refractivity contribution in [2.45, 2.75) is 19.9 Å². The molecular formula is C14H24N4O. The summed E-state index contributed by atoms with van der Waals surface area (Å²) in [6.45, 7) is 3.33. The van der Waals surface area contributed by atoms with E-state index in [1.165, 1.54) is 0 Å². The molecule has 5 nitrogen and oxygen atoms in total. The molecule has 0 radical (unpaired) electrons. The van der Waals surface area contributed by atoms with Crippen molar-refractivity contribution in [1.82, 2.24) is 14.8 Å². The summed E-state index contributed by atoms with van der Waals surface area (Å²) in [6.07, 6.45) is 2.72. The Morgan fingerprint density at radius 3 is 2.53 bits per heavy atom. The zero-order valence-electron chi connectivity index (χ0n) is 12.6. The van der Waals surface area contributed by atoms with Crippen LogP contribution in [-0.4, -0.2) is 55.5 Å². The minimum absolute atomic E-state index is 0.568. The van der Waals surface area contributed by atoms with E-state index in [9.17, 15) is 0 Å². The maximum absolute atomic E-state index is 5.63. The molecule has 5 heteroatoms. The topological polar surface area (TPSA) is 41.0 Å². The van der Waals surface area contributed by atoms with Crippen LogP contribution in [0.2, 0.25) is 0 Å². The molecule has 1 aromatic heterocycles. The molecule has 0 unspecified atom stereocenters. The van der Waals surface area contributed by atoms with Crippen LogP contribution >= 0.6 is 0 Å². The molecule has 0 N–H and O–H groups in total. The molecule has 106 valence electrons. The highest BCUT2D eigenvalue weighted by Gasteiger charge is 2.07. The van der Waals surface area contributed by atoms with E-state index in [0.717, 1.165) is 17.9 Å². The predicted molar refractivity (Wildman–Crippen MR) is 78.5 cm³/mol. The van der Waals surface area contributed by atoms with Gasteiger partial charge >= 0.3 is 0 Å². The number of hydrogen-bond donors (Lipinski definition) is 0. The number of aromatic nitrogens is 1. The first-order valence-electron chi connectivity index (χ1n) is 6.52. The Morgan fingerprint density at radius 1 is 1.26 bits per heavy atom. The highest BCUT2D eigenvalue weighted by Crippen LogP contribution is 2.15. The van der Waals surface area contributed by atoms with E-state index in [0.29, 0.717) is 19.0 Å². The van der Waals surface area contributed by atoms with Crippen molar-refractivity contribution in [1.29, 1.82) is 0 Å². The molecule has 0 aliphatic carbocycles. The smallest absolute Gasteiger partial charge is 0.218 e. The zero-order chi connectivity index (χ0) is 14.3. The van der Waals surface area contributed by atoms with Crippen LogP contribution in [0.25, 0.3) is 0 Å². The van der Waals surface area contributed by atoms with Gasteiger partial charge in [-0.15, -0.1) is 0 Å². The summed E-state index contributed by atoms with van der Waals surface area (Å²) in [5, 5.41) is 0. The van der Waals surface area contributed by atoms with Crippen molar-refractivity contribution >= 4 is 5.96 Å². The second kappa shape index (κ2) is 7.61. The molecule has 1 aromatic rings. The van der Waals surface area contributed by atoms with E-state index in [2.05, 4.69) is 16.9 Å². The first-order valence-corrected chi connectivity index (χ1v) is 6.52. The average molecular weight is 264 g/mol. The Labute approximate surface area is 115 Å². The summed E-state index contributed by atoms with van der Waals surface area (Å²) >= 11 is 0. The van der Waals surface area contributed by atoms with E-state index >= 15 is 0 Å². The molecule has 1 heterocycles. The molecule has 19 heavy (non-hydrogen) atoms. The van der Waals surface area contributed by atoms with Gasteiger partial charge < -0.3 is 14.5 Å². The Kier molecular flexibility index (Phi) is 6.12. The number of hydrogen-bond acceptors (Lipinski definition) is 3. The quantitative estimate of drug-likeness (QED) is 0.601. The number of guanidine groups is 1. The Balaban J connectivity index is 2.83. The SMILES string of the molecule is CCCOc1ncccc1CN=C(N(C)C)N(C)C. The summed E-state index contributed by atoms with van der Waals surface area (Å²) in [5.74, 6) is 1.61. The molecular weight excluding hydrogens is 240 g/mol. The van der Waals surface area contributed by atoms with E-state index in [4.69, 9.17) is 4.74 Å². The van der Waals surface area contributed by atoms with Gasteiger partial charge in [0.15, 0.2) is 5.96 Å². The van der Waals surface area contributed by atoms with Crippen LogP contribution in [0, 0.1) is 0 Å². The Bertz CT molecular complexity index is 406. The number of pyridine rings is 1. The molecule has 0 saturated carbocycles. The van der Waals surface area contributed by atoms with Crippen molar-refractivity contribution in [3.63, 3.8) is 0 Å². The molecule has 0 amide bonds. The van der Waals surface area contributed by atoms with Gasteiger partial charge in [-0.3, -0.25) is 0 Å². The van der Waals surface area contributed by atoms with Crippen LogP contribution in [0.3, 0.4) is 0 Å². The van der Waals surface area contributed by atoms with Gasteiger partial charge in [0.1, 0.15) is 0 Å². The minimum atomic E-state index is 0.568. The second-order valence-electron chi connectivity index (χ2n) is 4.72. The predicted octanol–water partition coefficient (Wildman–Crippen LogP) is 1.85. The molecule has 1 rings (SSSR count). The maximum atomic E-state index is 5.63. The van der Waals surface area contributed by atoms with E-state index in [-0.39, 0.29) is 0 Å². The summed E-state index contributed by atoms with van der Waals surface area (Å²) in [6, 6.07) is 3.92. The van der Waals surface area contributed by atoms with E-state index in [1.807, 2.05) is 50.1 Å². The van der Waals surface area contributed by atoms with Crippen LogP contribution in [0.1, 0.15) is 18.9 Å². The van der Waals surface area contributed by atoms with E-state index in [1.54, 1.807) is 6.20 Å². The molecule has 0 bridgehead atoms. The average Bonchev–Trinajstić information content (AvgIpc) is 2.37. The lowest BCUT2D eigenvalue weighted by Crippen LogP contribution is -2.35. The normalized spacial score (nSPS) is 9.95. The highest BCUT2D eigenvalue weighted by atomic mass is 16.5. The van der Waals surface area contributed by atoms with Crippen LogP contribution in [0.15, 0.2) is 23.3 Å². The number of rotatable bonds is 5. The van der Waals surface area contributed by atoms with Gasteiger partial charge in [-0.2, -0.15) is 0 Å². The summed E-state index contributed by atoms with van der Waals surface area (Å²) in [5.41, 5.74) is 1.01. The molecule has 0 saturated heterocycles. The number of nitrogens with zero attached hydrogens (tertiary/aromatic N) is 4. The molecule has 0 aromatic carbocycles. The van der Waals surface area contributed by atoms with Crippen molar-refractivity contribution in [2.75, 3.05) is 34.8 Å².